The molecule has 230 valence electrons. The lowest BCUT2D eigenvalue weighted by molar-refractivity contribution is -0.176. The van der Waals surface area contributed by atoms with E-state index in [4.69, 9.17) is 9.97 Å². The van der Waals surface area contributed by atoms with Gasteiger partial charge in [-0.25, -0.2) is 0 Å². The Labute approximate surface area is 254 Å². The summed E-state index contributed by atoms with van der Waals surface area (Å²) in [7, 11) is 0. The minimum Gasteiger partial charge on any atom is -0.395 e. The Balaban J connectivity index is 1.31. The minimum absolute atomic E-state index is 0.0442. The first-order chi connectivity index (χ1) is 19.8. The molecule has 7 rings (SSSR count). The van der Waals surface area contributed by atoms with Gasteiger partial charge in [0.1, 0.15) is 0 Å². The summed E-state index contributed by atoms with van der Waals surface area (Å²) in [5.41, 5.74) is 3.76. The number of allylic oxidation sites excluding steroid dienone is 2. The number of aromatic nitrogens is 2. The maximum atomic E-state index is 14.6. The summed E-state index contributed by atoms with van der Waals surface area (Å²) in [6.07, 6.45) is 19.8. The summed E-state index contributed by atoms with van der Waals surface area (Å²) >= 11 is 0. The van der Waals surface area contributed by atoms with Gasteiger partial charge < -0.3 is 10.0 Å². The highest BCUT2D eigenvalue weighted by molar-refractivity contribution is 5.84. The Kier molecular flexibility index (Phi) is 6.47. The molecule has 0 spiro atoms. The standard InChI is InChI=1S/C37H55N3O2/c1-32(2)14-16-37(31(42)40-20-8-7-9-21-40)17-15-35(5)25(26(37)22-32)10-11-29-33(3)23-27-30(39-19-18-38-27)34(4,24-41)28(33)12-13-36(29,35)6/h10,18-19,26,28-29,41H,7-9,11-17,20-24H2,1-6H3/t26-,28+,29+,33-,34-,35+,36+,37-/m0/s1. The zero-order valence-electron chi connectivity index (χ0n) is 27.3. The van der Waals surface area contributed by atoms with Crippen molar-refractivity contribution < 1.29 is 9.90 Å². The maximum Gasteiger partial charge on any atom is 0.229 e. The largest absolute Gasteiger partial charge is 0.395 e. The molecule has 6 aliphatic rings. The van der Waals surface area contributed by atoms with Crippen molar-refractivity contribution in [3.8, 4) is 0 Å². The molecule has 1 aromatic rings. The topological polar surface area (TPSA) is 66.3 Å². The van der Waals surface area contributed by atoms with Crippen LogP contribution in [-0.4, -0.2) is 45.6 Å². The van der Waals surface area contributed by atoms with Crippen LogP contribution >= 0.6 is 0 Å². The lowest BCUT2D eigenvalue weighted by Crippen LogP contribution is -2.66. The van der Waals surface area contributed by atoms with E-state index in [1.807, 2.05) is 12.4 Å². The van der Waals surface area contributed by atoms with E-state index in [9.17, 15) is 9.90 Å². The monoisotopic (exact) mass is 573 g/mol. The fourth-order valence-corrected chi connectivity index (χ4v) is 12.4. The van der Waals surface area contributed by atoms with Crippen LogP contribution < -0.4 is 0 Å². The average Bonchev–Trinajstić information content (AvgIpc) is 2.97. The van der Waals surface area contributed by atoms with E-state index in [2.05, 4.69) is 52.5 Å². The molecule has 4 fully saturated rings. The molecule has 5 heteroatoms. The molecule has 1 saturated heterocycles. The number of amides is 1. The van der Waals surface area contributed by atoms with Crippen molar-refractivity contribution in [1.29, 1.82) is 0 Å². The number of rotatable bonds is 2. The molecule has 5 aliphatic carbocycles. The van der Waals surface area contributed by atoms with E-state index in [1.165, 1.54) is 12.8 Å². The number of hydrogen-bond acceptors (Lipinski definition) is 4. The zero-order chi connectivity index (χ0) is 29.8. The van der Waals surface area contributed by atoms with E-state index < -0.39 is 0 Å². The highest BCUT2D eigenvalue weighted by Gasteiger charge is 2.69. The van der Waals surface area contributed by atoms with Crippen molar-refractivity contribution in [2.45, 2.75) is 124 Å². The van der Waals surface area contributed by atoms with E-state index in [0.29, 0.717) is 23.7 Å². The summed E-state index contributed by atoms with van der Waals surface area (Å²) in [5.74, 6) is 1.75. The molecule has 1 aromatic heterocycles. The van der Waals surface area contributed by atoms with Crippen LogP contribution in [0.15, 0.2) is 24.0 Å². The van der Waals surface area contributed by atoms with Crippen LogP contribution in [0.25, 0.3) is 0 Å². The molecule has 42 heavy (non-hydrogen) atoms. The Morgan fingerprint density at radius 2 is 1.64 bits per heavy atom. The maximum absolute atomic E-state index is 14.6. The predicted molar refractivity (Wildman–Crippen MR) is 167 cm³/mol. The van der Waals surface area contributed by atoms with Gasteiger partial charge in [0.25, 0.3) is 0 Å². The van der Waals surface area contributed by atoms with Crippen molar-refractivity contribution in [2.24, 2.45) is 44.8 Å². The van der Waals surface area contributed by atoms with Crippen LogP contribution in [0.1, 0.15) is 124 Å². The molecule has 0 aromatic carbocycles. The second-order valence-corrected chi connectivity index (χ2v) is 17.3. The van der Waals surface area contributed by atoms with Crippen LogP contribution in [-0.2, 0) is 16.6 Å². The second kappa shape index (κ2) is 9.38. The van der Waals surface area contributed by atoms with Crippen LogP contribution in [0.5, 0.6) is 0 Å². The summed E-state index contributed by atoms with van der Waals surface area (Å²) in [6.45, 7) is 17.0. The van der Waals surface area contributed by atoms with E-state index in [-0.39, 0.29) is 39.1 Å². The van der Waals surface area contributed by atoms with Crippen molar-refractivity contribution in [3.05, 3.63) is 35.4 Å². The van der Waals surface area contributed by atoms with Gasteiger partial charge in [-0.15, -0.1) is 0 Å². The summed E-state index contributed by atoms with van der Waals surface area (Å²) in [6, 6.07) is 0. The lowest BCUT2D eigenvalue weighted by Gasteiger charge is -2.70. The Hall–Kier alpha value is -1.75. The van der Waals surface area contributed by atoms with Gasteiger partial charge in [0.15, 0.2) is 0 Å². The lowest BCUT2D eigenvalue weighted by atomic mass is 9.33. The number of fused-ring (bicyclic) bond motifs is 8. The van der Waals surface area contributed by atoms with Crippen molar-refractivity contribution in [3.63, 3.8) is 0 Å². The highest BCUT2D eigenvalue weighted by atomic mass is 16.3. The molecule has 1 amide bonds. The molecule has 1 N–H and O–H groups in total. The van der Waals surface area contributed by atoms with Gasteiger partial charge in [0.05, 0.1) is 23.4 Å². The molecule has 2 heterocycles. The second-order valence-electron chi connectivity index (χ2n) is 17.3. The minimum atomic E-state index is -0.362. The first kappa shape index (κ1) is 29.0. The summed E-state index contributed by atoms with van der Waals surface area (Å²) in [5, 5.41) is 10.9. The normalized spacial score (nSPS) is 45.8. The molecule has 1 aliphatic heterocycles. The third-order valence-electron chi connectivity index (χ3n) is 14.9. The number of carbonyl (C=O) groups excluding carboxylic acids is 1. The van der Waals surface area contributed by atoms with Gasteiger partial charge in [-0.3, -0.25) is 14.8 Å². The summed E-state index contributed by atoms with van der Waals surface area (Å²) in [4.78, 5) is 26.5. The van der Waals surface area contributed by atoms with Gasteiger partial charge in [-0.2, -0.15) is 0 Å². The quantitative estimate of drug-likeness (QED) is 0.378. The average molecular weight is 574 g/mol. The molecule has 0 radical (unpaired) electrons. The number of carbonyl (C=O) groups is 1. The van der Waals surface area contributed by atoms with Gasteiger partial charge in [0.2, 0.25) is 5.91 Å². The first-order valence-corrected chi connectivity index (χ1v) is 17.3. The van der Waals surface area contributed by atoms with Crippen molar-refractivity contribution in [2.75, 3.05) is 19.7 Å². The van der Waals surface area contributed by atoms with E-state index in [0.717, 1.165) is 88.7 Å². The molecule has 5 nitrogen and oxygen atoms in total. The van der Waals surface area contributed by atoms with Crippen molar-refractivity contribution in [1.82, 2.24) is 14.9 Å². The highest BCUT2D eigenvalue weighted by Crippen LogP contribution is 2.75. The SMILES string of the molecule is CC1(C)CC[C@]2(C(=O)N3CCCCC3)CC[C@]3(C)C(=CC[C@@H]4[C@@]5(C)Cc6nccnc6[C@@](C)(CO)[C@@H]5CC[C@]43C)[C@@H]2C1. The number of piperidine rings is 1. The molecule has 3 saturated carbocycles. The van der Waals surface area contributed by atoms with Gasteiger partial charge in [-0.05, 0) is 116 Å². The zero-order valence-corrected chi connectivity index (χ0v) is 27.3. The van der Waals surface area contributed by atoms with Gasteiger partial charge in [0, 0.05) is 30.9 Å². The predicted octanol–water partition coefficient (Wildman–Crippen LogP) is 7.28. The first-order valence-electron chi connectivity index (χ1n) is 17.3. The fourth-order valence-electron chi connectivity index (χ4n) is 12.4. The number of hydrogen-bond donors (Lipinski definition) is 1. The number of nitrogens with zero attached hydrogens (tertiary/aromatic N) is 3. The number of aliphatic hydroxyl groups is 1. The summed E-state index contributed by atoms with van der Waals surface area (Å²) < 4.78 is 0. The van der Waals surface area contributed by atoms with Crippen LogP contribution in [0, 0.1) is 44.8 Å². The van der Waals surface area contributed by atoms with Crippen LogP contribution in [0.4, 0.5) is 0 Å². The fraction of sp³-hybridized carbons (Fsp3) is 0.811. The Bertz CT molecular complexity index is 1300. The third-order valence-corrected chi connectivity index (χ3v) is 14.9. The Morgan fingerprint density at radius 3 is 2.38 bits per heavy atom. The third kappa shape index (κ3) is 3.67. The van der Waals surface area contributed by atoms with E-state index >= 15 is 0 Å². The van der Waals surface area contributed by atoms with Gasteiger partial charge >= 0.3 is 0 Å². The number of likely N-dealkylation sites (tertiary alicyclic amines) is 1. The van der Waals surface area contributed by atoms with Crippen LogP contribution in [0.3, 0.4) is 0 Å². The number of aliphatic hydroxyl groups excluding tert-OH is 1. The van der Waals surface area contributed by atoms with Crippen molar-refractivity contribution >= 4 is 5.91 Å². The van der Waals surface area contributed by atoms with E-state index in [1.54, 1.807) is 5.57 Å². The molecule has 0 bridgehead atoms. The molecule has 0 unspecified atom stereocenters. The Morgan fingerprint density at radius 1 is 0.929 bits per heavy atom. The smallest absolute Gasteiger partial charge is 0.229 e. The molecular weight excluding hydrogens is 518 g/mol. The molecular formula is C37H55N3O2. The van der Waals surface area contributed by atoms with Gasteiger partial charge in [-0.1, -0.05) is 53.2 Å². The molecule has 8 atom stereocenters. The van der Waals surface area contributed by atoms with Crippen LogP contribution in [0.2, 0.25) is 0 Å².